The number of nitrogens with one attached hydrogen (secondary N) is 1. The second-order valence-corrected chi connectivity index (χ2v) is 7.86. The third kappa shape index (κ3) is 3.89. The van der Waals surface area contributed by atoms with Crippen molar-refractivity contribution in [2.24, 2.45) is 5.92 Å². The van der Waals surface area contributed by atoms with Crippen molar-refractivity contribution in [3.63, 3.8) is 0 Å². The van der Waals surface area contributed by atoms with Crippen molar-refractivity contribution in [1.82, 2.24) is 9.62 Å². The lowest BCUT2D eigenvalue weighted by molar-refractivity contribution is 0.0783. The standard InChI is InChI=1S/C15H24N2O4S/c1-5-6-12-8-17(9-14(12)16-22(4,19)20)15(18)13-7-10(2)21-11(13)3/h7,12,14,16H,5-6,8-9H2,1-4H3. The summed E-state index contributed by atoms with van der Waals surface area (Å²) in [6, 6.07) is 1.52. The van der Waals surface area contributed by atoms with Crippen LogP contribution in [-0.2, 0) is 10.0 Å². The van der Waals surface area contributed by atoms with Crippen LogP contribution in [0.15, 0.2) is 10.5 Å². The molecule has 1 N–H and O–H groups in total. The number of carbonyl (C=O) groups excluding carboxylic acids is 1. The zero-order valence-corrected chi connectivity index (χ0v) is 14.4. The first-order valence-electron chi connectivity index (χ1n) is 7.55. The van der Waals surface area contributed by atoms with Crippen molar-refractivity contribution in [2.45, 2.75) is 39.7 Å². The van der Waals surface area contributed by atoms with Crippen molar-refractivity contribution in [1.29, 1.82) is 0 Å². The lowest BCUT2D eigenvalue weighted by Gasteiger charge is -2.17. The van der Waals surface area contributed by atoms with Crippen LogP contribution in [0.3, 0.4) is 0 Å². The Kier molecular flexibility index (Phi) is 4.97. The molecule has 6 nitrogen and oxygen atoms in total. The van der Waals surface area contributed by atoms with Gasteiger partial charge in [-0.15, -0.1) is 0 Å². The Morgan fingerprint density at radius 1 is 1.41 bits per heavy atom. The molecule has 0 bridgehead atoms. The van der Waals surface area contributed by atoms with Gasteiger partial charge in [0.25, 0.3) is 5.91 Å². The number of carbonyl (C=O) groups is 1. The normalized spacial score (nSPS) is 22.3. The Morgan fingerprint density at radius 2 is 2.09 bits per heavy atom. The van der Waals surface area contributed by atoms with E-state index < -0.39 is 10.0 Å². The number of rotatable bonds is 5. The van der Waals surface area contributed by atoms with E-state index in [0.717, 1.165) is 19.1 Å². The van der Waals surface area contributed by atoms with Crippen LogP contribution in [0.4, 0.5) is 0 Å². The number of sulfonamides is 1. The molecule has 1 saturated heterocycles. The van der Waals surface area contributed by atoms with Gasteiger partial charge in [-0.2, -0.15) is 0 Å². The van der Waals surface area contributed by atoms with Crippen LogP contribution in [0.1, 0.15) is 41.6 Å². The van der Waals surface area contributed by atoms with Gasteiger partial charge in [0.05, 0.1) is 11.8 Å². The maximum absolute atomic E-state index is 12.6. The first kappa shape index (κ1) is 17.0. The smallest absolute Gasteiger partial charge is 0.257 e. The third-order valence-electron chi connectivity index (χ3n) is 4.02. The molecule has 0 aliphatic carbocycles. The minimum atomic E-state index is -3.28. The summed E-state index contributed by atoms with van der Waals surface area (Å²) in [6.45, 7) is 6.61. The molecule has 1 aromatic rings. The van der Waals surface area contributed by atoms with E-state index in [-0.39, 0.29) is 17.9 Å². The molecular weight excluding hydrogens is 304 g/mol. The zero-order valence-electron chi connectivity index (χ0n) is 13.5. The molecule has 22 heavy (non-hydrogen) atoms. The van der Waals surface area contributed by atoms with Crippen molar-refractivity contribution < 1.29 is 17.6 Å². The van der Waals surface area contributed by atoms with Crippen LogP contribution in [0.2, 0.25) is 0 Å². The van der Waals surface area contributed by atoms with Gasteiger partial charge in [-0.1, -0.05) is 13.3 Å². The summed E-state index contributed by atoms with van der Waals surface area (Å²) >= 11 is 0. The highest BCUT2D eigenvalue weighted by Crippen LogP contribution is 2.25. The predicted octanol–water partition coefficient (Wildman–Crippen LogP) is 1.69. The number of likely N-dealkylation sites (tertiary alicyclic amines) is 1. The summed E-state index contributed by atoms with van der Waals surface area (Å²) in [5, 5.41) is 0. The summed E-state index contributed by atoms with van der Waals surface area (Å²) in [5.74, 6) is 1.37. The van der Waals surface area contributed by atoms with E-state index >= 15 is 0 Å². The summed E-state index contributed by atoms with van der Waals surface area (Å²) in [5.41, 5.74) is 0.563. The maximum Gasteiger partial charge on any atom is 0.257 e. The summed E-state index contributed by atoms with van der Waals surface area (Å²) in [4.78, 5) is 14.4. The van der Waals surface area contributed by atoms with E-state index in [0.29, 0.717) is 30.2 Å². The molecule has 2 heterocycles. The first-order chi connectivity index (χ1) is 10.2. The van der Waals surface area contributed by atoms with Crippen molar-refractivity contribution in [3.8, 4) is 0 Å². The molecule has 2 atom stereocenters. The number of aryl methyl sites for hydroxylation is 2. The highest BCUT2D eigenvalue weighted by atomic mass is 32.2. The molecule has 0 spiro atoms. The fourth-order valence-electron chi connectivity index (χ4n) is 3.12. The quantitative estimate of drug-likeness (QED) is 0.892. The van der Waals surface area contributed by atoms with Gasteiger partial charge in [0, 0.05) is 19.1 Å². The highest BCUT2D eigenvalue weighted by molar-refractivity contribution is 7.88. The molecule has 1 aromatic heterocycles. The minimum Gasteiger partial charge on any atom is -0.466 e. The van der Waals surface area contributed by atoms with Crippen LogP contribution in [0, 0.1) is 19.8 Å². The van der Waals surface area contributed by atoms with E-state index in [1.54, 1.807) is 17.9 Å². The van der Waals surface area contributed by atoms with Crippen LogP contribution >= 0.6 is 0 Å². The number of hydrogen-bond donors (Lipinski definition) is 1. The van der Waals surface area contributed by atoms with Crippen LogP contribution in [-0.4, -0.2) is 44.6 Å². The molecule has 0 radical (unpaired) electrons. The fourth-order valence-corrected chi connectivity index (χ4v) is 3.94. The van der Waals surface area contributed by atoms with E-state index in [4.69, 9.17) is 4.42 Å². The summed E-state index contributed by atoms with van der Waals surface area (Å²) in [7, 11) is -3.28. The minimum absolute atomic E-state index is 0.0896. The molecule has 1 fully saturated rings. The van der Waals surface area contributed by atoms with Crippen molar-refractivity contribution in [2.75, 3.05) is 19.3 Å². The topological polar surface area (TPSA) is 79.6 Å². The lowest BCUT2D eigenvalue weighted by atomic mass is 9.99. The average molecular weight is 328 g/mol. The Hall–Kier alpha value is -1.34. The third-order valence-corrected chi connectivity index (χ3v) is 4.76. The van der Waals surface area contributed by atoms with E-state index in [9.17, 15) is 13.2 Å². The number of nitrogens with zero attached hydrogens (tertiary/aromatic N) is 1. The van der Waals surface area contributed by atoms with Gasteiger partial charge in [0.1, 0.15) is 11.5 Å². The largest absolute Gasteiger partial charge is 0.466 e. The molecule has 0 saturated carbocycles. The van der Waals surface area contributed by atoms with Gasteiger partial charge in [0.2, 0.25) is 10.0 Å². The average Bonchev–Trinajstić information content (AvgIpc) is 2.91. The monoisotopic (exact) mass is 328 g/mol. The van der Waals surface area contributed by atoms with Gasteiger partial charge in [-0.25, -0.2) is 13.1 Å². The molecule has 7 heteroatoms. The molecule has 2 unspecified atom stereocenters. The summed E-state index contributed by atoms with van der Waals surface area (Å²) in [6.07, 6.45) is 3.00. The molecule has 1 amide bonds. The predicted molar refractivity (Wildman–Crippen MR) is 84.3 cm³/mol. The second kappa shape index (κ2) is 6.42. The Balaban J connectivity index is 2.16. The maximum atomic E-state index is 12.6. The Bertz CT molecular complexity index is 650. The second-order valence-electron chi connectivity index (χ2n) is 6.08. The Labute approximate surface area is 131 Å². The van der Waals surface area contributed by atoms with Crippen LogP contribution in [0.5, 0.6) is 0 Å². The lowest BCUT2D eigenvalue weighted by Crippen LogP contribution is -2.40. The molecular formula is C15H24N2O4S. The molecule has 124 valence electrons. The van der Waals surface area contributed by atoms with Gasteiger partial charge in [0.15, 0.2) is 0 Å². The molecule has 0 aromatic carbocycles. The van der Waals surface area contributed by atoms with Crippen molar-refractivity contribution in [3.05, 3.63) is 23.2 Å². The number of amides is 1. The SMILES string of the molecule is CCCC1CN(C(=O)c2cc(C)oc2C)CC1NS(C)(=O)=O. The van der Waals surface area contributed by atoms with Crippen molar-refractivity contribution >= 4 is 15.9 Å². The number of hydrogen-bond acceptors (Lipinski definition) is 4. The van der Waals surface area contributed by atoms with Gasteiger partial charge in [-0.3, -0.25) is 4.79 Å². The number of furan rings is 1. The fraction of sp³-hybridized carbons (Fsp3) is 0.667. The van der Waals surface area contributed by atoms with Crippen LogP contribution < -0.4 is 4.72 Å². The molecule has 1 aliphatic rings. The van der Waals surface area contributed by atoms with E-state index in [1.807, 2.05) is 6.92 Å². The van der Waals surface area contributed by atoms with Crippen LogP contribution in [0.25, 0.3) is 0 Å². The Morgan fingerprint density at radius 3 is 2.59 bits per heavy atom. The molecule has 1 aliphatic heterocycles. The van der Waals surface area contributed by atoms with E-state index in [1.165, 1.54) is 0 Å². The highest BCUT2D eigenvalue weighted by Gasteiger charge is 2.37. The first-order valence-corrected chi connectivity index (χ1v) is 9.44. The zero-order chi connectivity index (χ0) is 16.5. The van der Waals surface area contributed by atoms with E-state index in [2.05, 4.69) is 11.6 Å². The van der Waals surface area contributed by atoms with Gasteiger partial charge < -0.3 is 9.32 Å². The summed E-state index contributed by atoms with van der Waals surface area (Å²) < 4.78 is 31.1. The van der Waals surface area contributed by atoms with Gasteiger partial charge in [-0.05, 0) is 32.3 Å². The molecule has 2 rings (SSSR count). The van der Waals surface area contributed by atoms with Gasteiger partial charge >= 0.3 is 0 Å².